The summed E-state index contributed by atoms with van der Waals surface area (Å²) < 4.78 is 36.7. The Morgan fingerprint density at radius 1 is 1.31 bits per heavy atom. The summed E-state index contributed by atoms with van der Waals surface area (Å²) in [6.45, 7) is 5.71. The third kappa shape index (κ3) is 5.49. The Morgan fingerprint density at radius 2 is 2.10 bits per heavy atom. The van der Waals surface area contributed by atoms with Gasteiger partial charge in [0.1, 0.15) is 11.9 Å². The zero-order valence-electron chi connectivity index (χ0n) is 22.4. The third-order valence-electron chi connectivity index (χ3n) is 8.52. The summed E-state index contributed by atoms with van der Waals surface area (Å²) in [5, 5.41) is 6.23. The monoisotopic (exact) mass is 573 g/mol. The molecular weight excluding hydrogens is 538 g/mol. The van der Waals surface area contributed by atoms with E-state index in [2.05, 4.69) is 23.6 Å². The molecule has 1 saturated carbocycles. The van der Waals surface area contributed by atoms with Gasteiger partial charge < -0.3 is 19.3 Å². The molecule has 0 aromatic heterocycles. The van der Waals surface area contributed by atoms with E-state index in [9.17, 15) is 13.2 Å². The van der Waals surface area contributed by atoms with E-state index in [0.717, 1.165) is 37.1 Å². The lowest BCUT2D eigenvalue weighted by molar-refractivity contribution is 0.0143. The summed E-state index contributed by atoms with van der Waals surface area (Å²) in [6, 6.07) is 10.9. The number of carbonyl (C=O) groups excluding carboxylic acids is 1. The molecule has 0 radical (unpaired) electrons. The van der Waals surface area contributed by atoms with E-state index >= 15 is 0 Å². The van der Waals surface area contributed by atoms with Gasteiger partial charge in [-0.15, -0.1) is 0 Å². The van der Waals surface area contributed by atoms with Crippen LogP contribution in [0.2, 0.25) is 5.02 Å². The van der Waals surface area contributed by atoms with Gasteiger partial charge in [0.05, 0.1) is 17.2 Å². The topological polar surface area (TPSA) is 102 Å². The molecular formula is C29H36ClN3O5S. The molecule has 2 aliphatic carbocycles. The van der Waals surface area contributed by atoms with E-state index < -0.39 is 22.2 Å². The number of nitrogens with zero attached hydrogens (tertiary/aromatic N) is 2. The molecule has 4 atom stereocenters. The molecule has 2 aromatic carbocycles. The highest BCUT2D eigenvalue weighted by atomic mass is 35.5. The average molecular weight is 574 g/mol. The smallest absolute Gasteiger partial charge is 0.409 e. The first-order valence-corrected chi connectivity index (χ1v) is 15.3. The van der Waals surface area contributed by atoms with Gasteiger partial charge in [-0.25, -0.2) is 18.4 Å². The fourth-order valence-corrected chi connectivity index (χ4v) is 7.07. The number of hydrogen-bond acceptors (Lipinski definition) is 6. The SMILES string of the molecule is C=C[C@H](OC(=O)N(C)C)[C@@H]1CC[C@H]1CN1C[C@@]2(CCCc3cc(Cl)ccc32)COc2ccc(S(N)(=O)=O)cc21. The highest BCUT2D eigenvalue weighted by Gasteiger charge is 2.44. The number of nitrogens with two attached hydrogens (primary N) is 1. The average Bonchev–Trinajstić information content (AvgIpc) is 3.02. The van der Waals surface area contributed by atoms with Crippen LogP contribution in [0, 0.1) is 11.8 Å². The molecule has 2 N–H and O–H groups in total. The second kappa shape index (κ2) is 10.7. The van der Waals surface area contributed by atoms with Crippen molar-refractivity contribution in [1.29, 1.82) is 0 Å². The molecule has 210 valence electrons. The van der Waals surface area contributed by atoms with Crippen LogP contribution in [-0.4, -0.2) is 59.3 Å². The normalized spacial score (nSPS) is 24.9. The molecule has 1 aliphatic heterocycles. The Kier molecular flexibility index (Phi) is 7.61. The van der Waals surface area contributed by atoms with E-state index in [4.69, 9.17) is 26.2 Å². The number of halogens is 1. The molecule has 3 aliphatic rings. The third-order valence-corrected chi connectivity index (χ3v) is 9.67. The molecule has 0 unspecified atom stereocenters. The van der Waals surface area contributed by atoms with Gasteiger partial charge in [-0.1, -0.05) is 30.3 Å². The predicted molar refractivity (Wildman–Crippen MR) is 152 cm³/mol. The van der Waals surface area contributed by atoms with Gasteiger partial charge in [0.25, 0.3) is 0 Å². The molecule has 0 saturated heterocycles. The lowest BCUT2D eigenvalue weighted by Gasteiger charge is -2.46. The number of primary sulfonamides is 1. The Balaban J connectivity index is 1.51. The number of hydrogen-bond donors (Lipinski definition) is 1. The maximum absolute atomic E-state index is 12.3. The van der Waals surface area contributed by atoms with Crippen LogP contribution in [-0.2, 0) is 26.6 Å². The van der Waals surface area contributed by atoms with Gasteiger partial charge >= 0.3 is 6.09 Å². The molecule has 2 aromatic rings. The summed E-state index contributed by atoms with van der Waals surface area (Å²) in [4.78, 5) is 16.0. The van der Waals surface area contributed by atoms with Crippen LogP contribution in [0.3, 0.4) is 0 Å². The first-order valence-electron chi connectivity index (χ1n) is 13.3. The van der Waals surface area contributed by atoms with Gasteiger partial charge in [-0.05, 0) is 79.5 Å². The van der Waals surface area contributed by atoms with E-state index in [1.807, 2.05) is 6.07 Å². The van der Waals surface area contributed by atoms with Gasteiger partial charge in [-0.3, -0.25) is 0 Å². The van der Waals surface area contributed by atoms with Gasteiger partial charge in [0.15, 0.2) is 0 Å². The van der Waals surface area contributed by atoms with Gasteiger partial charge in [-0.2, -0.15) is 0 Å². The molecule has 1 amide bonds. The van der Waals surface area contributed by atoms with Crippen molar-refractivity contribution in [2.75, 3.05) is 38.7 Å². The Morgan fingerprint density at radius 3 is 2.77 bits per heavy atom. The summed E-state index contributed by atoms with van der Waals surface area (Å²) in [5.41, 5.74) is 2.90. The van der Waals surface area contributed by atoms with Crippen LogP contribution in [0.25, 0.3) is 0 Å². The molecule has 1 spiro atoms. The summed E-state index contributed by atoms with van der Waals surface area (Å²) in [7, 11) is -0.582. The maximum Gasteiger partial charge on any atom is 0.409 e. The number of benzene rings is 2. The maximum atomic E-state index is 12.3. The molecule has 5 rings (SSSR count). The number of rotatable bonds is 6. The zero-order chi connectivity index (χ0) is 27.9. The number of ether oxygens (including phenoxy) is 2. The van der Waals surface area contributed by atoms with Crippen molar-refractivity contribution in [1.82, 2.24) is 4.90 Å². The number of anilines is 1. The Labute approximate surface area is 235 Å². The largest absolute Gasteiger partial charge is 0.490 e. The highest BCUT2D eigenvalue weighted by molar-refractivity contribution is 7.89. The number of fused-ring (bicyclic) bond motifs is 3. The Bertz CT molecular complexity index is 1380. The van der Waals surface area contributed by atoms with E-state index in [1.54, 1.807) is 32.3 Å². The van der Waals surface area contributed by atoms with Crippen LogP contribution in [0.4, 0.5) is 10.5 Å². The van der Waals surface area contributed by atoms with Crippen molar-refractivity contribution in [2.45, 2.75) is 48.5 Å². The minimum Gasteiger partial charge on any atom is -0.490 e. The van der Waals surface area contributed by atoms with Crippen molar-refractivity contribution >= 4 is 33.4 Å². The van der Waals surface area contributed by atoms with Crippen LogP contribution in [0.5, 0.6) is 5.75 Å². The van der Waals surface area contributed by atoms with Crippen molar-refractivity contribution in [3.05, 3.63) is 65.2 Å². The molecule has 8 nitrogen and oxygen atoms in total. The number of aryl methyl sites for hydroxylation is 1. The highest BCUT2D eigenvalue weighted by Crippen LogP contribution is 2.47. The molecule has 1 fully saturated rings. The first kappa shape index (κ1) is 27.8. The molecule has 39 heavy (non-hydrogen) atoms. The predicted octanol–water partition coefficient (Wildman–Crippen LogP) is 4.74. The van der Waals surface area contributed by atoms with Crippen LogP contribution in [0.15, 0.2) is 53.9 Å². The number of carbonyl (C=O) groups is 1. The van der Waals surface area contributed by atoms with E-state index in [1.165, 1.54) is 22.1 Å². The van der Waals surface area contributed by atoms with Gasteiger partial charge in [0, 0.05) is 43.5 Å². The number of amides is 1. The van der Waals surface area contributed by atoms with Crippen molar-refractivity contribution < 1.29 is 22.7 Å². The van der Waals surface area contributed by atoms with Crippen molar-refractivity contribution in [3.8, 4) is 5.75 Å². The van der Waals surface area contributed by atoms with Crippen LogP contribution >= 0.6 is 11.6 Å². The summed E-state index contributed by atoms with van der Waals surface area (Å²) >= 11 is 6.35. The zero-order valence-corrected chi connectivity index (χ0v) is 24.0. The number of sulfonamides is 1. The molecule has 10 heteroatoms. The van der Waals surface area contributed by atoms with E-state index in [-0.39, 0.29) is 22.1 Å². The van der Waals surface area contributed by atoms with E-state index in [0.29, 0.717) is 31.1 Å². The minimum absolute atomic E-state index is 0.0515. The first-order chi connectivity index (χ1) is 18.5. The lowest BCUT2D eigenvalue weighted by Crippen LogP contribution is -2.50. The van der Waals surface area contributed by atoms with Crippen LogP contribution < -0.4 is 14.8 Å². The van der Waals surface area contributed by atoms with Crippen LogP contribution in [0.1, 0.15) is 36.8 Å². The fraction of sp³-hybridized carbons (Fsp3) is 0.483. The molecule has 0 bridgehead atoms. The Hall–Kier alpha value is -2.75. The van der Waals surface area contributed by atoms with Gasteiger partial charge in [0.2, 0.25) is 10.0 Å². The summed E-state index contributed by atoms with van der Waals surface area (Å²) in [6.07, 6.45) is 5.71. The van der Waals surface area contributed by atoms with Crippen molar-refractivity contribution in [2.24, 2.45) is 17.0 Å². The molecule has 1 heterocycles. The quantitative estimate of drug-likeness (QED) is 0.501. The second-order valence-electron chi connectivity index (χ2n) is 11.3. The lowest BCUT2D eigenvalue weighted by atomic mass is 9.68. The fourth-order valence-electron chi connectivity index (χ4n) is 6.34. The summed E-state index contributed by atoms with van der Waals surface area (Å²) in [5.74, 6) is 0.974. The second-order valence-corrected chi connectivity index (χ2v) is 13.3. The minimum atomic E-state index is -3.90. The van der Waals surface area contributed by atoms with Crippen molar-refractivity contribution in [3.63, 3.8) is 0 Å². The standard InChI is InChI=1S/C29H36ClN3O5S/c1-4-26(38-28(34)32(2)3)23-10-7-20(23)16-33-17-29(13-5-6-19-14-21(30)8-11-24(19)29)18-37-27-12-9-22(15-25(27)33)39(31,35)36/h4,8-9,11-12,14-15,20,23,26H,1,5-7,10,13,16-18H2,2-3H3,(H2,31,35,36)/t20-,23+,26-,29-/m0/s1.